The van der Waals surface area contributed by atoms with Crippen molar-refractivity contribution in [3.05, 3.63) is 48.6 Å². The summed E-state index contributed by atoms with van der Waals surface area (Å²) in [6.07, 6.45) is 9.28. The van der Waals surface area contributed by atoms with E-state index in [0.29, 0.717) is 37.7 Å². The zero-order valence-corrected chi connectivity index (χ0v) is 23.2. The van der Waals surface area contributed by atoms with Gasteiger partial charge < -0.3 is 29.3 Å². The van der Waals surface area contributed by atoms with Crippen LogP contribution in [0.2, 0.25) is 0 Å². The monoisotopic (exact) mass is 537 g/mol. The van der Waals surface area contributed by atoms with E-state index in [1.54, 1.807) is 16.7 Å². The van der Waals surface area contributed by atoms with Crippen molar-refractivity contribution in [1.29, 1.82) is 0 Å². The van der Waals surface area contributed by atoms with Crippen molar-refractivity contribution >= 4 is 23.4 Å². The summed E-state index contributed by atoms with van der Waals surface area (Å²) >= 11 is 0. The second kappa shape index (κ2) is 10.4. The summed E-state index contributed by atoms with van der Waals surface area (Å²) in [4.78, 5) is 47.6. The number of carbonyl (C=O) groups excluding carboxylic acids is 3. The van der Waals surface area contributed by atoms with Crippen LogP contribution in [0.4, 0.5) is 5.69 Å². The fourth-order valence-corrected chi connectivity index (χ4v) is 6.74. The number of nitrogens with zero attached hydrogens (tertiary/aromatic N) is 3. The summed E-state index contributed by atoms with van der Waals surface area (Å²) in [5.74, 6) is -1.82. The summed E-state index contributed by atoms with van der Waals surface area (Å²) in [5, 5.41) is 10.1. The van der Waals surface area contributed by atoms with Gasteiger partial charge in [0, 0.05) is 25.3 Å². The van der Waals surface area contributed by atoms with Crippen molar-refractivity contribution in [3.63, 3.8) is 0 Å². The number of carbonyl (C=O) groups is 3. The van der Waals surface area contributed by atoms with Gasteiger partial charge in [-0.1, -0.05) is 37.6 Å². The fraction of sp³-hybridized carbons (Fsp3) is 0.567. The SMILES string of the molecule is CCCCN1CC=C[C@]23O[C@]4(C)C=CCN(c5ccc(OCC)cc5)C(=O)[C@@H]4[C@H]2C(=O)N([C@H](C)CO)C3C1=O. The maximum absolute atomic E-state index is 14.4. The molecular weight excluding hydrogens is 498 g/mol. The van der Waals surface area contributed by atoms with Crippen molar-refractivity contribution in [2.24, 2.45) is 11.8 Å². The first kappa shape index (κ1) is 27.4. The Labute approximate surface area is 230 Å². The number of rotatable bonds is 8. The number of amides is 3. The Morgan fingerprint density at radius 3 is 2.41 bits per heavy atom. The molecule has 9 nitrogen and oxygen atoms in total. The highest BCUT2D eigenvalue weighted by molar-refractivity contribution is 6.04. The van der Waals surface area contributed by atoms with Gasteiger partial charge >= 0.3 is 0 Å². The number of fused-ring (bicyclic) bond motifs is 2. The van der Waals surface area contributed by atoms with Crippen LogP contribution in [0.25, 0.3) is 0 Å². The molecule has 9 heteroatoms. The smallest absolute Gasteiger partial charge is 0.249 e. The maximum Gasteiger partial charge on any atom is 0.249 e. The first-order valence-electron chi connectivity index (χ1n) is 14.0. The lowest BCUT2D eigenvalue weighted by Crippen LogP contribution is -2.58. The molecule has 1 spiro atoms. The molecule has 0 aliphatic carbocycles. The van der Waals surface area contributed by atoms with Gasteiger partial charge in [0.15, 0.2) is 0 Å². The number of hydrogen-bond acceptors (Lipinski definition) is 6. The Morgan fingerprint density at radius 2 is 1.74 bits per heavy atom. The van der Waals surface area contributed by atoms with Crippen molar-refractivity contribution in [3.8, 4) is 5.75 Å². The molecule has 2 fully saturated rings. The molecular formula is C30H39N3O6. The molecule has 3 amide bonds. The lowest BCUT2D eigenvalue weighted by atomic mass is 9.74. The minimum absolute atomic E-state index is 0.204. The van der Waals surface area contributed by atoms with Gasteiger partial charge in [-0.15, -0.1) is 0 Å². The first-order chi connectivity index (χ1) is 18.7. The van der Waals surface area contributed by atoms with Crippen LogP contribution in [-0.4, -0.2) is 88.8 Å². The number of unbranched alkanes of at least 4 members (excludes halogenated alkanes) is 1. The molecule has 4 aliphatic heterocycles. The standard InChI is InChI=1S/C30H39N3O6/c1-5-7-16-31-17-9-15-30-24(27(36)33(20(3)19-34)25(30)28(31)37)23-26(35)32(18-8-14-29(23,4)39-30)21-10-12-22(13-11-21)38-6-2/h8-15,20,23-25,34H,5-7,16-19H2,1-4H3/t20-,23+,24+,25?,29-,30+/m1/s1. The molecule has 0 bridgehead atoms. The molecule has 5 rings (SSSR count). The molecule has 210 valence electrons. The van der Waals surface area contributed by atoms with Crippen molar-refractivity contribution < 1.29 is 29.0 Å². The summed E-state index contributed by atoms with van der Waals surface area (Å²) in [6.45, 7) is 9.09. The average molecular weight is 538 g/mol. The molecule has 1 aromatic rings. The number of likely N-dealkylation sites (tertiary alicyclic amines) is 1. The van der Waals surface area contributed by atoms with Gasteiger partial charge in [0.05, 0.1) is 36.7 Å². The molecule has 0 aromatic heterocycles. The van der Waals surface area contributed by atoms with Gasteiger partial charge in [-0.05, 0) is 51.5 Å². The second-order valence-electron chi connectivity index (χ2n) is 11.1. The second-order valence-corrected chi connectivity index (χ2v) is 11.1. The Morgan fingerprint density at radius 1 is 1.03 bits per heavy atom. The van der Waals surface area contributed by atoms with E-state index in [4.69, 9.17) is 9.47 Å². The zero-order valence-electron chi connectivity index (χ0n) is 23.2. The van der Waals surface area contributed by atoms with E-state index in [2.05, 4.69) is 6.92 Å². The summed E-state index contributed by atoms with van der Waals surface area (Å²) in [5.41, 5.74) is -1.72. The van der Waals surface area contributed by atoms with Crippen LogP contribution in [0.3, 0.4) is 0 Å². The van der Waals surface area contributed by atoms with Crippen LogP contribution in [0, 0.1) is 11.8 Å². The third-order valence-corrected chi connectivity index (χ3v) is 8.56. The van der Waals surface area contributed by atoms with Gasteiger partial charge in [-0.2, -0.15) is 0 Å². The Bertz CT molecular complexity index is 1180. The lowest BCUT2D eigenvalue weighted by Gasteiger charge is -2.39. The molecule has 1 unspecified atom stereocenters. The zero-order chi connectivity index (χ0) is 27.9. The predicted molar refractivity (Wildman–Crippen MR) is 146 cm³/mol. The Balaban J connectivity index is 1.58. The number of ether oxygens (including phenoxy) is 2. The third-order valence-electron chi connectivity index (χ3n) is 8.56. The lowest BCUT2D eigenvalue weighted by molar-refractivity contribution is -0.153. The van der Waals surface area contributed by atoms with E-state index < -0.39 is 35.1 Å². The number of benzene rings is 1. The molecule has 4 aliphatic rings. The molecule has 0 radical (unpaired) electrons. The number of anilines is 1. The highest BCUT2D eigenvalue weighted by atomic mass is 16.5. The quantitative estimate of drug-likeness (QED) is 0.512. The molecule has 0 saturated carbocycles. The summed E-state index contributed by atoms with van der Waals surface area (Å²) < 4.78 is 12.4. The summed E-state index contributed by atoms with van der Waals surface area (Å²) in [7, 11) is 0. The average Bonchev–Trinajstić information content (AvgIpc) is 3.20. The van der Waals surface area contributed by atoms with Gasteiger partial charge in [0.1, 0.15) is 17.4 Å². The van der Waals surface area contributed by atoms with Crippen molar-refractivity contribution in [2.45, 2.75) is 63.8 Å². The third kappa shape index (κ3) is 4.26. The van der Waals surface area contributed by atoms with Crippen molar-refractivity contribution in [2.75, 3.05) is 37.7 Å². The van der Waals surface area contributed by atoms with Crippen LogP contribution in [0.15, 0.2) is 48.6 Å². The van der Waals surface area contributed by atoms with Crippen LogP contribution in [0.1, 0.15) is 40.5 Å². The number of aliphatic hydroxyl groups is 1. The van der Waals surface area contributed by atoms with Gasteiger partial charge in [0.2, 0.25) is 17.7 Å². The van der Waals surface area contributed by atoms with E-state index in [0.717, 1.165) is 12.8 Å². The van der Waals surface area contributed by atoms with E-state index in [1.807, 2.05) is 62.4 Å². The minimum Gasteiger partial charge on any atom is -0.494 e. The van der Waals surface area contributed by atoms with E-state index >= 15 is 0 Å². The first-order valence-corrected chi connectivity index (χ1v) is 14.0. The summed E-state index contributed by atoms with van der Waals surface area (Å²) in [6, 6.07) is 5.76. The van der Waals surface area contributed by atoms with Gasteiger partial charge in [-0.25, -0.2) is 0 Å². The van der Waals surface area contributed by atoms with Crippen LogP contribution in [-0.2, 0) is 19.1 Å². The number of aliphatic hydroxyl groups excluding tert-OH is 1. The molecule has 4 heterocycles. The molecule has 1 N–H and O–H groups in total. The molecule has 1 aromatic carbocycles. The Hall–Kier alpha value is -3.17. The highest BCUT2D eigenvalue weighted by Crippen LogP contribution is 2.58. The fourth-order valence-electron chi connectivity index (χ4n) is 6.74. The minimum atomic E-state index is -1.32. The Kier molecular flexibility index (Phi) is 7.33. The van der Waals surface area contributed by atoms with Gasteiger partial charge in [-0.3, -0.25) is 14.4 Å². The van der Waals surface area contributed by atoms with E-state index in [-0.39, 0.29) is 24.3 Å². The normalized spacial score (nSPS) is 32.6. The van der Waals surface area contributed by atoms with Crippen LogP contribution < -0.4 is 9.64 Å². The maximum atomic E-state index is 14.4. The molecule has 2 saturated heterocycles. The largest absolute Gasteiger partial charge is 0.494 e. The van der Waals surface area contributed by atoms with E-state index in [9.17, 15) is 19.5 Å². The molecule has 39 heavy (non-hydrogen) atoms. The van der Waals surface area contributed by atoms with E-state index in [1.165, 1.54) is 4.90 Å². The van der Waals surface area contributed by atoms with Gasteiger partial charge in [0.25, 0.3) is 0 Å². The van der Waals surface area contributed by atoms with Crippen molar-refractivity contribution in [1.82, 2.24) is 9.80 Å². The number of hydrogen-bond donors (Lipinski definition) is 1. The predicted octanol–water partition coefficient (Wildman–Crippen LogP) is 2.54. The topological polar surface area (TPSA) is 99.6 Å². The van der Waals surface area contributed by atoms with Crippen LogP contribution >= 0.6 is 0 Å². The highest BCUT2D eigenvalue weighted by Gasteiger charge is 2.75. The molecule has 6 atom stereocenters. The van der Waals surface area contributed by atoms with Crippen LogP contribution in [0.5, 0.6) is 5.75 Å².